The Hall–Kier alpha value is -3.25. The summed E-state index contributed by atoms with van der Waals surface area (Å²) in [6.45, 7) is 5.80. The second kappa shape index (κ2) is 8.63. The molecule has 0 atom stereocenters. The molecule has 6 heteroatoms. The van der Waals surface area contributed by atoms with Crippen LogP contribution in [0.3, 0.4) is 0 Å². The van der Waals surface area contributed by atoms with Gasteiger partial charge >= 0.3 is 0 Å². The molecule has 2 N–H and O–H groups in total. The van der Waals surface area contributed by atoms with Crippen molar-refractivity contribution < 1.29 is 9.59 Å². The summed E-state index contributed by atoms with van der Waals surface area (Å²) in [7, 11) is 0. The molecule has 1 aromatic heterocycles. The van der Waals surface area contributed by atoms with Gasteiger partial charge in [-0.05, 0) is 73.2 Å². The van der Waals surface area contributed by atoms with Gasteiger partial charge in [0.15, 0.2) is 0 Å². The van der Waals surface area contributed by atoms with Gasteiger partial charge in [-0.15, -0.1) is 11.3 Å². The highest BCUT2D eigenvalue weighted by Gasteiger charge is 2.08. The molecular formula is C22H21N3O2S. The second-order valence-electron chi connectivity index (χ2n) is 6.45. The third-order valence-electron chi connectivity index (χ3n) is 4.40. The van der Waals surface area contributed by atoms with Gasteiger partial charge in [-0.3, -0.25) is 9.59 Å². The van der Waals surface area contributed by atoms with Gasteiger partial charge in [0.25, 0.3) is 11.8 Å². The maximum Gasteiger partial charge on any atom is 0.271 e. The molecule has 5 nitrogen and oxygen atoms in total. The van der Waals surface area contributed by atoms with Crippen LogP contribution < -0.4 is 10.7 Å². The van der Waals surface area contributed by atoms with Gasteiger partial charge < -0.3 is 5.32 Å². The van der Waals surface area contributed by atoms with Crippen LogP contribution in [0.5, 0.6) is 0 Å². The fourth-order valence-corrected chi connectivity index (χ4v) is 3.16. The molecule has 3 rings (SSSR count). The standard InChI is InChI=1S/C22H21N3O2S/c1-14-6-7-18(13-15(14)2)21(26)25-24-16(3)17-8-10-19(11-9-17)23-22(27)20-5-4-12-28-20/h4-13H,1-3H3,(H,23,27)(H,25,26). The zero-order valence-electron chi connectivity index (χ0n) is 15.9. The Morgan fingerprint density at radius 1 is 0.893 bits per heavy atom. The summed E-state index contributed by atoms with van der Waals surface area (Å²) >= 11 is 1.40. The molecule has 0 radical (unpaired) electrons. The van der Waals surface area contributed by atoms with E-state index in [4.69, 9.17) is 0 Å². The van der Waals surface area contributed by atoms with Crippen molar-refractivity contribution in [3.05, 3.63) is 87.1 Å². The smallest absolute Gasteiger partial charge is 0.271 e. The van der Waals surface area contributed by atoms with E-state index >= 15 is 0 Å². The number of carbonyl (C=O) groups excluding carboxylic acids is 2. The van der Waals surface area contributed by atoms with E-state index in [2.05, 4.69) is 15.8 Å². The molecule has 0 fully saturated rings. The average Bonchev–Trinajstić information content (AvgIpc) is 3.23. The Bertz CT molecular complexity index is 1020. The van der Waals surface area contributed by atoms with Crippen molar-refractivity contribution in [1.82, 2.24) is 5.43 Å². The number of thiophene rings is 1. The summed E-state index contributed by atoms with van der Waals surface area (Å²) in [5.74, 6) is -0.379. The van der Waals surface area contributed by atoms with Crippen LogP contribution in [0.2, 0.25) is 0 Å². The number of anilines is 1. The first-order chi connectivity index (χ1) is 13.4. The summed E-state index contributed by atoms with van der Waals surface area (Å²) in [5.41, 5.74) is 7.60. The fraction of sp³-hybridized carbons (Fsp3) is 0.136. The summed E-state index contributed by atoms with van der Waals surface area (Å²) < 4.78 is 0. The first kappa shape index (κ1) is 19.5. The molecule has 1 heterocycles. The Labute approximate surface area is 168 Å². The number of nitrogens with one attached hydrogen (secondary N) is 2. The normalized spacial score (nSPS) is 11.2. The maximum atomic E-state index is 12.3. The molecule has 2 amide bonds. The highest BCUT2D eigenvalue weighted by atomic mass is 32.1. The second-order valence-corrected chi connectivity index (χ2v) is 7.39. The zero-order valence-corrected chi connectivity index (χ0v) is 16.8. The Morgan fingerprint density at radius 2 is 1.61 bits per heavy atom. The summed E-state index contributed by atoms with van der Waals surface area (Å²) in [6, 6.07) is 16.5. The van der Waals surface area contributed by atoms with Crippen molar-refractivity contribution in [2.45, 2.75) is 20.8 Å². The number of benzene rings is 2. The molecule has 28 heavy (non-hydrogen) atoms. The van der Waals surface area contributed by atoms with Crippen molar-refractivity contribution in [1.29, 1.82) is 0 Å². The van der Waals surface area contributed by atoms with E-state index in [-0.39, 0.29) is 11.8 Å². The predicted octanol–water partition coefficient (Wildman–Crippen LogP) is 4.77. The lowest BCUT2D eigenvalue weighted by Crippen LogP contribution is -2.19. The SMILES string of the molecule is CC(=NNC(=O)c1ccc(C)c(C)c1)c1ccc(NC(=O)c2cccs2)cc1. The molecule has 0 aliphatic rings. The van der Waals surface area contributed by atoms with Crippen LogP contribution in [0.25, 0.3) is 0 Å². The van der Waals surface area contributed by atoms with Crippen LogP contribution in [-0.2, 0) is 0 Å². The first-order valence-corrected chi connectivity index (χ1v) is 9.69. The maximum absolute atomic E-state index is 12.3. The van der Waals surface area contributed by atoms with E-state index in [1.165, 1.54) is 11.3 Å². The molecule has 0 saturated heterocycles. The van der Waals surface area contributed by atoms with Crippen molar-refractivity contribution in [3.63, 3.8) is 0 Å². The van der Waals surface area contributed by atoms with Gasteiger partial charge in [-0.25, -0.2) is 5.43 Å². The quantitative estimate of drug-likeness (QED) is 0.486. The molecule has 0 aliphatic carbocycles. The first-order valence-electron chi connectivity index (χ1n) is 8.81. The van der Waals surface area contributed by atoms with E-state index in [0.717, 1.165) is 16.7 Å². The van der Waals surface area contributed by atoms with Crippen LogP contribution >= 0.6 is 11.3 Å². The highest BCUT2D eigenvalue weighted by molar-refractivity contribution is 7.12. The predicted molar refractivity (Wildman–Crippen MR) is 114 cm³/mol. The number of aryl methyl sites for hydroxylation is 2. The van der Waals surface area contributed by atoms with Gasteiger partial charge in [-0.1, -0.05) is 24.3 Å². The third kappa shape index (κ3) is 4.72. The Morgan fingerprint density at radius 3 is 2.25 bits per heavy atom. The molecule has 3 aromatic rings. The van der Waals surface area contributed by atoms with E-state index in [9.17, 15) is 9.59 Å². The largest absolute Gasteiger partial charge is 0.321 e. The summed E-state index contributed by atoms with van der Waals surface area (Å²) in [5, 5.41) is 8.90. The minimum absolute atomic E-state index is 0.131. The van der Waals surface area contributed by atoms with Gasteiger partial charge in [0.1, 0.15) is 0 Å². The Balaban J connectivity index is 1.63. The highest BCUT2D eigenvalue weighted by Crippen LogP contribution is 2.15. The molecular weight excluding hydrogens is 370 g/mol. The van der Waals surface area contributed by atoms with Crippen LogP contribution in [0.1, 0.15) is 43.6 Å². The zero-order chi connectivity index (χ0) is 20.1. The van der Waals surface area contributed by atoms with Crippen LogP contribution in [0, 0.1) is 13.8 Å². The lowest BCUT2D eigenvalue weighted by Gasteiger charge is -2.07. The van der Waals surface area contributed by atoms with Crippen molar-refractivity contribution in [2.75, 3.05) is 5.32 Å². The molecule has 142 valence electrons. The molecule has 0 unspecified atom stereocenters. The number of hydrogen-bond acceptors (Lipinski definition) is 4. The van der Waals surface area contributed by atoms with Gasteiger partial charge in [0, 0.05) is 11.3 Å². The summed E-state index contributed by atoms with van der Waals surface area (Å²) in [4.78, 5) is 25.0. The van der Waals surface area contributed by atoms with Crippen LogP contribution in [0.4, 0.5) is 5.69 Å². The van der Waals surface area contributed by atoms with Gasteiger partial charge in [-0.2, -0.15) is 5.10 Å². The topological polar surface area (TPSA) is 70.6 Å². The van der Waals surface area contributed by atoms with Crippen molar-refractivity contribution in [2.24, 2.45) is 5.10 Å². The molecule has 0 saturated carbocycles. The van der Waals surface area contributed by atoms with E-state index in [1.54, 1.807) is 12.1 Å². The number of amides is 2. The number of nitrogens with zero attached hydrogens (tertiary/aromatic N) is 1. The minimum Gasteiger partial charge on any atom is -0.321 e. The lowest BCUT2D eigenvalue weighted by molar-refractivity contribution is 0.0954. The average molecular weight is 391 g/mol. The fourth-order valence-electron chi connectivity index (χ4n) is 2.54. The monoisotopic (exact) mass is 391 g/mol. The number of carbonyl (C=O) groups is 2. The van der Waals surface area contributed by atoms with Gasteiger partial charge in [0.2, 0.25) is 0 Å². The van der Waals surface area contributed by atoms with Crippen LogP contribution in [-0.4, -0.2) is 17.5 Å². The van der Waals surface area contributed by atoms with E-state index in [0.29, 0.717) is 21.8 Å². The summed E-state index contributed by atoms with van der Waals surface area (Å²) in [6.07, 6.45) is 0. The van der Waals surface area contributed by atoms with Gasteiger partial charge in [0.05, 0.1) is 10.6 Å². The molecule has 0 bridgehead atoms. The number of hydrazone groups is 1. The van der Waals surface area contributed by atoms with Crippen molar-refractivity contribution >= 4 is 34.6 Å². The van der Waals surface area contributed by atoms with E-state index in [1.807, 2.05) is 68.6 Å². The molecule has 2 aromatic carbocycles. The lowest BCUT2D eigenvalue weighted by atomic mass is 10.1. The third-order valence-corrected chi connectivity index (χ3v) is 5.27. The minimum atomic E-state index is -0.248. The van der Waals surface area contributed by atoms with Crippen LogP contribution in [0.15, 0.2) is 65.1 Å². The molecule has 0 aliphatic heterocycles. The van der Waals surface area contributed by atoms with Crippen molar-refractivity contribution in [3.8, 4) is 0 Å². The van der Waals surface area contributed by atoms with E-state index < -0.39 is 0 Å². The Kier molecular flexibility index (Phi) is 6.01. The number of hydrogen-bond donors (Lipinski definition) is 2. The molecule has 0 spiro atoms. The number of rotatable bonds is 5.